The number of benzene rings is 1. The molecule has 0 unspecified atom stereocenters. The third-order valence-corrected chi connectivity index (χ3v) is 3.98. The Morgan fingerprint density at radius 3 is 2.76 bits per heavy atom. The number of nitrogens with zero attached hydrogens (tertiary/aromatic N) is 1. The molecule has 0 N–H and O–H groups in total. The lowest BCUT2D eigenvalue weighted by atomic mass is 9.92. The molecule has 1 aliphatic heterocycles. The molecule has 0 aromatic heterocycles. The Bertz CT molecular complexity index is 466. The fraction of sp³-hybridized carbons (Fsp3) is 0.417. The van der Waals surface area contributed by atoms with Gasteiger partial charge in [0, 0.05) is 18.8 Å². The maximum atomic E-state index is 13.3. The molecule has 5 heteroatoms. The number of carbonyl (C=O) groups is 1. The van der Waals surface area contributed by atoms with Crippen molar-refractivity contribution in [1.29, 1.82) is 0 Å². The standard InChI is InChI=1S/C12H12Cl2FNO/c1-12(11(14)17)4-5-16(7-12)8-2-3-9(13)10(15)6-8/h2-3,6H,4-5,7H2,1H3/t12-/m0/s1. The highest BCUT2D eigenvalue weighted by Gasteiger charge is 2.39. The Morgan fingerprint density at radius 1 is 1.53 bits per heavy atom. The highest BCUT2D eigenvalue weighted by molar-refractivity contribution is 6.64. The molecule has 0 bridgehead atoms. The molecule has 0 radical (unpaired) electrons. The van der Waals surface area contributed by atoms with E-state index < -0.39 is 11.2 Å². The van der Waals surface area contributed by atoms with Crippen LogP contribution < -0.4 is 4.90 Å². The predicted octanol–water partition coefficient (Wildman–Crippen LogP) is 3.46. The van der Waals surface area contributed by atoms with Gasteiger partial charge >= 0.3 is 0 Å². The lowest BCUT2D eigenvalue weighted by molar-refractivity contribution is -0.118. The average Bonchev–Trinajstić information content (AvgIpc) is 2.67. The first-order chi connectivity index (χ1) is 7.92. The number of halogens is 3. The average molecular weight is 276 g/mol. The highest BCUT2D eigenvalue weighted by Crippen LogP contribution is 2.35. The summed E-state index contributed by atoms with van der Waals surface area (Å²) < 4.78 is 13.3. The predicted molar refractivity (Wildman–Crippen MR) is 67.2 cm³/mol. The van der Waals surface area contributed by atoms with Crippen LogP contribution in [0.25, 0.3) is 0 Å². The second-order valence-electron chi connectivity index (χ2n) is 4.60. The summed E-state index contributed by atoms with van der Waals surface area (Å²) in [7, 11) is 0. The van der Waals surface area contributed by atoms with E-state index >= 15 is 0 Å². The Labute approximate surface area is 109 Å². The summed E-state index contributed by atoms with van der Waals surface area (Å²) in [6.07, 6.45) is 0.680. The molecule has 92 valence electrons. The fourth-order valence-electron chi connectivity index (χ4n) is 2.02. The zero-order chi connectivity index (χ0) is 12.6. The molecule has 2 rings (SSSR count). The van der Waals surface area contributed by atoms with Crippen LogP contribution in [0.2, 0.25) is 5.02 Å². The van der Waals surface area contributed by atoms with E-state index in [1.54, 1.807) is 6.07 Å². The lowest BCUT2D eigenvalue weighted by Crippen LogP contribution is -2.29. The molecule has 1 heterocycles. The van der Waals surface area contributed by atoms with Gasteiger partial charge in [0.25, 0.3) is 0 Å². The highest BCUT2D eigenvalue weighted by atomic mass is 35.5. The molecule has 1 aromatic carbocycles. The molecule has 1 fully saturated rings. The third-order valence-electron chi connectivity index (χ3n) is 3.22. The quantitative estimate of drug-likeness (QED) is 0.771. The van der Waals surface area contributed by atoms with E-state index in [0.717, 1.165) is 5.69 Å². The fourth-order valence-corrected chi connectivity index (χ4v) is 2.30. The van der Waals surface area contributed by atoms with Crippen LogP contribution >= 0.6 is 23.2 Å². The zero-order valence-corrected chi connectivity index (χ0v) is 10.9. The summed E-state index contributed by atoms with van der Waals surface area (Å²) in [6, 6.07) is 4.65. The molecule has 0 saturated carbocycles. The molecule has 0 aliphatic carbocycles. The third kappa shape index (κ3) is 2.40. The molecule has 1 aliphatic rings. The van der Waals surface area contributed by atoms with Crippen LogP contribution in [0.1, 0.15) is 13.3 Å². The number of anilines is 1. The minimum atomic E-state index is -0.544. The second kappa shape index (κ2) is 4.46. The first-order valence-electron chi connectivity index (χ1n) is 5.32. The first kappa shape index (κ1) is 12.7. The van der Waals surface area contributed by atoms with E-state index in [1.165, 1.54) is 12.1 Å². The Kier molecular flexibility index (Phi) is 3.32. The van der Waals surface area contributed by atoms with Gasteiger partial charge in [-0.05, 0) is 43.1 Å². The Morgan fingerprint density at radius 2 is 2.24 bits per heavy atom. The summed E-state index contributed by atoms with van der Waals surface area (Å²) in [5.74, 6) is -0.449. The normalized spacial score (nSPS) is 24.1. The summed E-state index contributed by atoms with van der Waals surface area (Å²) in [5, 5.41) is -0.237. The van der Waals surface area contributed by atoms with Crippen molar-refractivity contribution in [2.45, 2.75) is 13.3 Å². The van der Waals surface area contributed by atoms with Crippen molar-refractivity contribution >= 4 is 34.1 Å². The molecule has 17 heavy (non-hydrogen) atoms. The Hall–Kier alpha value is -0.800. The van der Waals surface area contributed by atoms with E-state index in [1.807, 2.05) is 11.8 Å². The number of rotatable bonds is 2. The van der Waals surface area contributed by atoms with Crippen LogP contribution in [0, 0.1) is 11.2 Å². The first-order valence-corrected chi connectivity index (χ1v) is 6.08. The summed E-state index contributed by atoms with van der Waals surface area (Å²) in [4.78, 5) is 13.3. The van der Waals surface area contributed by atoms with E-state index in [2.05, 4.69) is 0 Å². The summed E-state index contributed by atoms with van der Waals surface area (Å²) in [6.45, 7) is 3.03. The number of hydrogen-bond acceptors (Lipinski definition) is 2. The molecule has 1 aromatic rings. The summed E-state index contributed by atoms with van der Waals surface area (Å²) >= 11 is 11.2. The van der Waals surface area contributed by atoms with Crippen LogP contribution in [0.15, 0.2) is 18.2 Å². The van der Waals surface area contributed by atoms with Crippen molar-refractivity contribution in [2.24, 2.45) is 5.41 Å². The molecule has 0 amide bonds. The minimum absolute atomic E-state index is 0.101. The molecular formula is C12H12Cl2FNO. The van der Waals surface area contributed by atoms with E-state index in [-0.39, 0.29) is 10.3 Å². The monoisotopic (exact) mass is 275 g/mol. The van der Waals surface area contributed by atoms with E-state index in [4.69, 9.17) is 23.2 Å². The smallest absolute Gasteiger partial charge is 0.229 e. The largest absolute Gasteiger partial charge is 0.370 e. The van der Waals surface area contributed by atoms with Crippen molar-refractivity contribution < 1.29 is 9.18 Å². The van der Waals surface area contributed by atoms with Gasteiger partial charge in [0.05, 0.1) is 10.4 Å². The second-order valence-corrected chi connectivity index (χ2v) is 5.35. The van der Waals surface area contributed by atoms with Gasteiger partial charge in [-0.1, -0.05) is 11.6 Å². The van der Waals surface area contributed by atoms with Gasteiger partial charge in [0.15, 0.2) is 0 Å². The van der Waals surface area contributed by atoms with Gasteiger partial charge < -0.3 is 4.90 Å². The van der Waals surface area contributed by atoms with E-state index in [0.29, 0.717) is 19.5 Å². The number of hydrogen-bond donors (Lipinski definition) is 0. The van der Waals surface area contributed by atoms with Gasteiger partial charge in [-0.15, -0.1) is 0 Å². The van der Waals surface area contributed by atoms with Crippen LogP contribution in [0.4, 0.5) is 10.1 Å². The zero-order valence-electron chi connectivity index (χ0n) is 9.34. The van der Waals surface area contributed by atoms with Crippen molar-refractivity contribution in [1.82, 2.24) is 0 Å². The van der Waals surface area contributed by atoms with Crippen molar-refractivity contribution in [3.05, 3.63) is 29.0 Å². The van der Waals surface area contributed by atoms with Gasteiger partial charge in [-0.2, -0.15) is 0 Å². The molecule has 1 saturated heterocycles. The molecule has 1 atom stereocenters. The number of carbonyl (C=O) groups excluding carboxylic acids is 1. The van der Waals surface area contributed by atoms with Crippen LogP contribution in [-0.2, 0) is 4.79 Å². The van der Waals surface area contributed by atoms with Gasteiger partial charge in [0.2, 0.25) is 5.24 Å². The summed E-state index contributed by atoms with van der Waals surface area (Å²) in [5.41, 5.74) is 0.186. The topological polar surface area (TPSA) is 20.3 Å². The van der Waals surface area contributed by atoms with Crippen molar-refractivity contribution in [3.63, 3.8) is 0 Å². The maximum absolute atomic E-state index is 13.3. The Balaban J connectivity index is 2.21. The van der Waals surface area contributed by atoms with E-state index in [9.17, 15) is 9.18 Å². The van der Waals surface area contributed by atoms with Crippen molar-refractivity contribution in [2.75, 3.05) is 18.0 Å². The molecule has 0 spiro atoms. The minimum Gasteiger partial charge on any atom is -0.370 e. The van der Waals surface area contributed by atoms with Crippen LogP contribution in [0.3, 0.4) is 0 Å². The van der Waals surface area contributed by atoms with Crippen molar-refractivity contribution in [3.8, 4) is 0 Å². The lowest BCUT2D eigenvalue weighted by Gasteiger charge is -2.22. The SMILES string of the molecule is C[C@]1(C(=O)Cl)CCN(c2ccc(Cl)c(F)c2)C1. The van der Waals surface area contributed by atoms with Gasteiger partial charge in [-0.25, -0.2) is 4.39 Å². The maximum Gasteiger partial charge on any atom is 0.229 e. The van der Waals surface area contributed by atoms with Gasteiger partial charge in [-0.3, -0.25) is 4.79 Å². The van der Waals surface area contributed by atoms with Crippen LogP contribution in [-0.4, -0.2) is 18.3 Å². The van der Waals surface area contributed by atoms with Gasteiger partial charge in [0.1, 0.15) is 5.82 Å². The molecule has 2 nitrogen and oxygen atoms in total. The van der Waals surface area contributed by atoms with Crippen LogP contribution in [0.5, 0.6) is 0 Å². The molecular weight excluding hydrogens is 264 g/mol.